The van der Waals surface area contributed by atoms with Crippen LogP contribution in [0.25, 0.3) is 10.2 Å². The van der Waals surface area contributed by atoms with Gasteiger partial charge in [-0.3, -0.25) is 0 Å². The maximum Gasteiger partial charge on any atom is 0.0813 e. The Kier molecular flexibility index (Phi) is 3.15. The van der Waals surface area contributed by atoms with Crippen LogP contribution in [0, 0.1) is 12.8 Å². The van der Waals surface area contributed by atoms with Crippen LogP contribution in [0.1, 0.15) is 30.0 Å². The highest BCUT2D eigenvalue weighted by molar-refractivity contribution is 7.16. The average molecular weight is 294 g/mol. The highest BCUT2D eigenvalue weighted by atomic mass is 32.1. The number of nitrogens with zero attached hydrogens (tertiary/aromatic N) is 1. The van der Waals surface area contributed by atoms with Crippen molar-refractivity contribution in [1.29, 1.82) is 0 Å². The molecule has 106 valence electrons. The monoisotopic (exact) mass is 294 g/mol. The van der Waals surface area contributed by atoms with Crippen molar-refractivity contribution < 1.29 is 0 Å². The van der Waals surface area contributed by atoms with Gasteiger partial charge in [0, 0.05) is 5.69 Å². The Morgan fingerprint density at radius 3 is 2.71 bits per heavy atom. The van der Waals surface area contributed by atoms with Crippen molar-refractivity contribution in [2.24, 2.45) is 5.92 Å². The average Bonchev–Trinajstić information content (AvgIpc) is 3.23. The number of aryl methyl sites for hydroxylation is 1. The van der Waals surface area contributed by atoms with E-state index in [1.165, 1.54) is 34.4 Å². The van der Waals surface area contributed by atoms with Crippen LogP contribution < -0.4 is 5.32 Å². The molecular formula is C18H18N2S. The summed E-state index contributed by atoms with van der Waals surface area (Å²) in [7, 11) is 0. The molecule has 0 spiro atoms. The first kappa shape index (κ1) is 12.8. The summed E-state index contributed by atoms with van der Waals surface area (Å²) in [6.45, 7) is 2.14. The number of rotatable bonds is 4. The molecule has 1 aromatic heterocycles. The van der Waals surface area contributed by atoms with Crippen LogP contribution in [0.2, 0.25) is 0 Å². The van der Waals surface area contributed by atoms with Crippen LogP contribution in [0.5, 0.6) is 0 Å². The lowest BCUT2D eigenvalue weighted by molar-refractivity contribution is 0.679. The van der Waals surface area contributed by atoms with Gasteiger partial charge in [-0.2, -0.15) is 0 Å². The fourth-order valence-electron chi connectivity index (χ4n) is 2.80. The van der Waals surface area contributed by atoms with Gasteiger partial charge in [0.05, 0.1) is 21.8 Å². The van der Waals surface area contributed by atoms with Gasteiger partial charge in [0.1, 0.15) is 0 Å². The Morgan fingerprint density at radius 1 is 1.14 bits per heavy atom. The molecule has 1 N–H and O–H groups in total. The summed E-state index contributed by atoms with van der Waals surface area (Å²) in [5.74, 6) is 0.768. The number of fused-ring (bicyclic) bond motifs is 1. The van der Waals surface area contributed by atoms with Gasteiger partial charge in [-0.05, 0) is 49.4 Å². The molecule has 1 unspecified atom stereocenters. The molecule has 1 heterocycles. The summed E-state index contributed by atoms with van der Waals surface area (Å²) in [5.41, 5.74) is 6.91. The molecular weight excluding hydrogens is 276 g/mol. The molecule has 0 radical (unpaired) electrons. The zero-order chi connectivity index (χ0) is 14.2. The van der Waals surface area contributed by atoms with Crippen molar-refractivity contribution in [1.82, 2.24) is 4.98 Å². The van der Waals surface area contributed by atoms with E-state index in [4.69, 9.17) is 0 Å². The Hall–Kier alpha value is -1.87. The van der Waals surface area contributed by atoms with Crippen molar-refractivity contribution in [2.45, 2.75) is 25.8 Å². The van der Waals surface area contributed by atoms with E-state index >= 15 is 0 Å². The minimum atomic E-state index is 0.427. The summed E-state index contributed by atoms with van der Waals surface area (Å²) >= 11 is 1.70. The second-order valence-corrected chi connectivity index (χ2v) is 6.79. The Labute approximate surface area is 128 Å². The first-order valence-corrected chi connectivity index (χ1v) is 8.34. The fraction of sp³-hybridized carbons (Fsp3) is 0.278. The van der Waals surface area contributed by atoms with Crippen LogP contribution in [0.4, 0.5) is 5.69 Å². The molecule has 1 atom stereocenters. The van der Waals surface area contributed by atoms with Gasteiger partial charge in [0.2, 0.25) is 0 Å². The standard InChI is InChI=1S/C18H18N2S/c1-12-2-4-13(5-3-12)18(14-6-7-14)20-15-8-9-16-17(10-15)21-11-19-16/h2-5,8-11,14,18,20H,6-7H2,1H3. The molecule has 4 rings (SSSR count). The highest BCUT2D eigenvalue weighted by Gasteiger charge is 2.32. The SMILES string of the molecule is Cc1ccc(C(Nc2ccc3ncsc3c2)C2CC2)cc1. The summed E-state index contributed by atoms with van der Waals surface area (Å²) < 4.78 is 1.25. The van der Waals surface area contributed by atoms with Crippen molar-refractivity contribution in [2.75, 3.05) is 5.32 Å². The smallest absolute Gasteiger partial charge is 0.0813 e. The van der Waals surface area contributed by atoms with E-state index in [0.29, 0.717) is 6.04 Å². The third kappa shape index (κ3) is 2.66. The molecule has 0 aliphatic heterocycles. The minimum absolute atomic E-state index is 0.427. The topological polar surface area (TPSA) is 24.9 Å². The molecule has 0 bridgehead atoms. The van der Waals surface area contributed by atoms with Crippen LogP contribution >= 0.6 is 11.3 Å². The van der Waals surface area contributed by atoms with E-state index in [1.54, 1.807) is 11.3 Å². The molecule has 3 aromatic rings. The molecule has 3 heteroatoms. The number of benzene rings is 2. The van der Waals surface area contributed by atoms with Gasteiger partial charge in [-0.25, -0.2) is 4.98 Å². The number of aromatic nitrogens is 1. The maximum atomic E-state index is 4.35. The van der Waals surface area contributed by atoms with Crippen LogP contribution in [0.3, 0.4) is 0 Å². The first-order valence-electron chi connectivity index (χ1n) is 7.46. The molecule has 2 aromatic carbocycles. The van der Waals surface area contributed by atoms with Crippen LogP contribution in [-0.2, 0) is 0 Å². The normalized spacial score (nSPS) is 16.0. The van der Waals surface area contributed by atoms with E-state index in [2.05, 4.69) is 59.7 Å². The van der Waals surface area contributed by atoms with E-state index in [9.17, 15) is 0 Å². The van der Waals surface area contributed by atoms with Crippen molar-refractivity contribution in [3.63, 3.8) is 0 Å². The number of anilines is 1. The largest absolute Gasteiger partial charge is 0.378 e. The molecule has 1 fully saturated rings. The lowest BCUT2D eigenvalue weighted by atomic mass is 10.0. The number of hydrogen-bond acceptors (Lipinski definition) is 3. The Morgan fingerprint density at radius 2 is 1.95 bits per heavy atom. The predicted octanol–water partition coefficient (Wildman–Crippen LogP) is 5.17. The highest BCUT2D eigenvalue weighted by Crippen LogP contribution is 2.43. The van der Waals surface area contributed by atoms with Gasteiger partial charge >= 0.3 is 0 Å². The van der Waals surface area contributed by atoms with Crippen molar-refractivity contribution >= 4 is 27.2 Å². The Balaban J connectivity index is 1.63. The summed E-state index contributed by atoms with van der Waals surface area (Å²) in [4.78, 5) is 4.35. The number of hydrogen-bond donors (Lipinski definition) is 1. The van der Waals surface area contributed by atoms with Gasteiger partial charge in [0.15, 0.2) is 0 Å². The van der Waals surface area contributed by atoms with Gasteiger partial charge in [0.25, 0.3) is 0 Å². The van der Waals surface area contributed by atoms with E-state index in [-0.39, 0.29) is 0 Å². The van der Waals surface area contributed by atoms with E-state index in [1.807, 2.05) is 5.51 Å². The molecule has 2 nitrogen and oxygen atoms in total. The zero-order valence-corrected chi connectivity index (χ0v) is 12.9. The van der Waals surface area contributed by atoms with Crippen LogP contribution in [0.15, 0.2) is 48.0 Å². The third-order valence-electron chi connectivity index (χ3n) is 4.18. The Bertz CT molecular complexity index is 756. The quantitative estimate of drug-likeness (QED) is 0.718. The molecule has 1 saturated carbocycles. The lowest BCUT2D eigenvalue weighted by Gasteiger charge is -2.20. The second kappa shape index (κ2) is 5.15. The molecule has 1 aliphatic carbocycles. The zero-order valence-electron chi connectivity index (χ0n) is 12.0. The predicted molar refractivity (Wildman–Crippen MR) is 89.9 cm³/mol. The maximum absolute atomic E-state index is 4.35. The molecule has 21 heavy (non-hydrogen) atoms. The third-order valence-corrected chi connectivity index (χ3v) is 4.98. The summed E-state index contributed by atoms with van der Waals surface area (Å²) in [5, 5.41) is 3.74. The van der Waals surface area contributed by atoms with Crippen molar-refractivity contribution in [3.8, 4) is 0 Å². The number of thiazole rings is 1. The lowest BCUT2D eigenvalue weighted by Crippen LogP contribution is -2.12. The second-order valence-electron chi connectivity index (χ2n) is 5.90. The van der Waals surface area contributed by atoms with E-state index in [0.717, 1.165) is 11.4 Å². The summed E-state index contributed by atoms with van der Waals surface area (Å²) in [6.07, 6.45) is 2.66. The van der Waals surface area contributed by atoms with Crippen molar-refractivity contribution in [3.05, 3.63) is 59.1 Å². The van der Waals surface area contributed by atoms with Crippen LogP contribution in [-0.4, -0.2) is 4.98 Å². The summed E-state index contributed by atoms with van der Waals surface area (Å²) in [6, 6.07) is 15.8. The number of nitrogens with one attached hydrogen (secondary N) is 1. The van der Waals surface area contributed by atoms with Gasteiger partial charge in [-0.1, -0.05) is 29.8 Å². The molecule has 1 aliphatic rings. The first-order chi connectivity index (χ1) is 10.3. The van der Waals surface area contributed by atoms with Gasteiger partial charge in [-0.15, -0.1) is 11.3 Å². The molecule has 0 amide bonds. The molecule has 0 saturated heterocycles. The fourth-order valence-corrected chi connectivity index (χ4v) is 3.52. The van der Waals surface area contributed by atoms with Gasteiger partial charge < -0.3 is 5.32 Å². The van der Waals surface area contributed by atoms with E-state index < -0.39 is 0 Å². The minimum Gasteiger partial charge on any atom is -0.378 e.